The highest BCUT2D eigenvalue weighted by atomic mass is 19.1. The van der Waals surface area contributed by atoms with Crippen LogP contribution in [-0.4, -0.2) is 19.5 Å². The molecule has 6 heteroatoms. The first-order valence-corrected chi connectivity index (χ1v) is 7.73. The highest BCUT2D eigenvalue weighted by Gasteiger charge is 2.15. The van der Waals surface area contributed by atoms with Gasteiger partial charge >= 0.3 is 0 Å². The van der Waals surface area contributed by atoms with Crippen LogP contribution in [0.3, 0.4) is 0 Å². The third-order valence-corrected chi connectivity index (χ3v) is 4.08. The number of aromatic nitrogens is 4. The van der Waals surface area contributed by atoms with Gasteiger partial charge in [-0.25, -0.2) is 19.3 Å². The molecule has 0 saturated heterocycles. The van der Waals surface area contributed by atoms with Gasteiger partial charge in [0.25, 0.3) is 0 Å². The molecule has 0 amide bonds. The number of rotatable bonds is 2. The zero-order chi connectivity index (χ0) is 16.8. The van der Waals surface area contributed by atoms with Crippen LogP contribution in [0.5, 0.6) is 0 Å². The van der Waals surface area contributed by atoms with E-state index in [0.717, 1.165) is 16.6 Å². The number of furan rings is 1. The number of nitrogens with zero attached hydrogens (tertiary/aromatic N) is 4. The van der Waals surface area contributed by atoms with E-state index in [1.54, 1.807) is 30.8 Å². The molecule has 0 unspecified atom stereocenters. The maximum atomic E-state index is 13.3. The van der Waals surface area contributed by atoms with Gasteiger partial charge in [0.15, 0.2) is 5.58 Å². The summed E-state index contributed by atoms with van der Waals surface area (Å²) >= 11 is 0. The topological polar surface area (TPSA) is 56.7 Å². The first-order chi connectivity index (χ1) is 12.3. The molecule has 5 aromatic rings. The molecule has 3 aromatic heterocycles. The number of para-hydroxylation sites is 2. The Kier molecular flexibility index (Phi) is 2.90. The number of imidazole rings is 1. The molecular formula is C19H11FN4O. The summed E-state index contributed by atoms with van der Waals surface area (Å²) in [5.74, 6) is 0.191. The van der Waals surface area contributed by atoms with E-state index in [-0.39, 0.29) is 5.82 Å². The molecule has 0 aliphatic heterocycles. The summed E-state index contributed by atoms with van der Waals surface area (Å²) < 4.78 is 20.6. The van der Waals surface area contributed by atoms with Crippen LogP contribution in [-0.2, 0) is 0 Å². The van der Waals surface area contributed by atoms with E-state index < -0.39 is 0 Å². The molecule has 0 saturated carbocycles. The molecule has 0 radical (unpaired) electrons. The second-order valence-electron chi connectivity index (χ2n) is 5.62. The van der Waals surface area contributed by atoms with E-state index in [1.807, 2.05) is 28.8 Å². The number of hydrogen-bond donors (Lipinski definition) is 0. The minimum atomic E-state index is -0.297. The lowest BCUT2D eigenvalue weighted by atomic mass is 10.1. The minimum Gasteiger partial charge on any atom is -0.460 e. The van der Waals surface area contributed by atoms with Gasteiger partial charge in [-0.15, -0.1) is 0 Å². The molecule has 5 rings (SSSR count). The summed E-state index contributed by atoms with van der Waals surface area (Å²) in [6.45, 7) is 0. The predicted molar refractivity (Wildman–Crippen MR) is 91.8 cm³/mol. The van der Waals surface area contributed by atoms with Crippen molar-refractivity contribution in [3.05, 3.63) is 73.0 Å². The summed E-state index contributed by atoms with van der Waals surface area (Å²) in [5.41, 5.74) is 4.40. The number of halogens is 1. The van der Waals surface area contributed by atoms with Crippen molar-refractivity contribution in [1.29, 1.82) is 0 Å². The monoisotopic (exact) mass is 330 g/mol. The zero-order valence-electron chi connectivity index (χ0n) is 12.9. The van der Waals surface area contributed by atoms with Crippen molar-refractivity contribution in [2.24, 2.45) is 0 Å². The maximum Gasteiger partial charge on any atom is 0.236 e. The molecule has 0 aliphatic carbocycles. The Morgan fingerprint density at radius 3 is 2.60 bits per heavy atom. The Labute approximate surface area is 141 Å². The molecule has 0 fully saturated rings. The van der Waals surface area contributed by atoms with Crippen molar-refractivity contribution in [3.8, 4) is 17.2 Å². The number of hydrogen-bond acceptors (Lipinski definition) is 4. The molecular weight excluding hydrogens is 319 g/mol. The molecule has 2 aromatic carbocycles. The molecule has 120 valence electrons. The molecule has 5 nitrogen and oxygen atoms in total. The second kappa shape index (κ2) is 5.24. The summed E-state index contributed by atoms with van der Waals surface area (Å²) in [7, 11) is 0. The average Bonchev–Trinajstić information content (AvgIpc) is 3.28. The first kappa shape index (κ1) is 13.9. The van der Waals surface area contributed by atoms with Gasteiger partial charge < -0.3 is 4.42 Å². The predicted octanol–water partition coefficient (Wildman–Crippen LogP) is 4.37. The van der Waals surface area contributed by atoms with Gasteiger partial charge in [0.2, 0.25) is 5.95 Å². The standard InChI is InChI=1S/C19H11FN4O/c20-13-7-5-12(6-8-13)17-18-15(9-10-25-18)22-19(23-17)24-11-21-14-3-1-2-4-16(14)24/h1-11H. The van der Waals surface area contributed by atoms with E-state index >= 15 is 0 Å². The lowest BCUT2D eigenvalue weighted by Crippen LogP contribution is -2.01. The Morgan fingerprint density at radius 2 is 1.72 bits per heavy atom. The third kappa shape index (κ3) is 2.19. The van der Waals surface area contributed by atoms with Gasteiger partial charge in [-0.2, -0.15) is 0 Å². The van der Waals surface area contributed by atoms with Crippen LogP contribution in [0.15, 0.2) is 71.6 Å². The van der Waals surface area contributed by atoms with E-state index in [1.165, 1.54) is 12.1 Å². The zero-order valence-corrected chi connectivity index (χ0v) is 12.9. The van der Waals surface area contributed by atoms with E-state index in [4.69, 9.17) is 4.42 Å². The van der Waals surface area contributed by atoms with Crippen LogP contribution in [0, 0.1) is 5.82 Å². The van der Waals surface area contributed by atoms with Gasteiger partial charge in [0, 0.05) is 11.6 Å². The fraction of sp³-hybridized carbons (Fsp3) is 0. The van der Waals surface area contributed by atoms with Crippen molar-refractivity contribution >= 4 is 22.1 Å². The summed E-state index contributed by atoms with van der Waals surface area (Å²) in [5, 5.41) is 0. The SMILES string of the molecule is Fc1ccc(-c2nc(-n3cnc4ccccc43)nc3ccoc23)cc1. The Balaban J connectivity index is 1.79. The highest BCUT2D eigenvalue weighted by Crippen LogP contribution is 2.28. The Hall–Kier alpha value is -3.54. The third-order valence-electron chi connectivity index (χ3n) is 4.08. The molecule has 0 bridgehead atoms. The fourth-order valence-electron chi connectivity index (χ4n) is 2.88. The van der Waals surface area contributed by atoms with Crippen molar-refractivity contribution < 1.29 is 8.81 Å². The van der Waals surface area contributed by atoms with Crippen LogP contribution in [0.1, 0.15) is 0 Å². The second-order valence-corrected chi connectivity index (χ2v) is 5.62. The summed E-state index contributed by atoms with van der Waals surface area (Å²) in [4.78, 5) is 13.6. The fourth-order valence-corrected chi connectivity index (χ4v) is 2.88. The molecule has 0 atom stereocenters. The van der Waals surface area contributed by atoms with Crippen LogP contribution in [0.25, 0.3) is 39.3 Å². The van der Waals surface area contributed by atoms with Crippen molar-refractivity contribution in [1.82, 2.24) is 19.5 Å². The molecule has 0 aliphatic rings. The highest BCUT2D eigenvalue weighted by molar-refractivity contribution is 5.88. The lowest BCUT2D eigenvalue weighted by Gasteiger charge is -2.07. The Morgan fingerprint density at radius 1 is 0.880 bits per heavy atom. The number of benzene rings is 2. The molecule has 0 spiro atoms. The molecule has 0 N–H and O–H groups in total. The van der Waals surface area contributed by atoms with Crippen molar-refractivity contribution in [2.75, 3.05) is 0 Å². The largest absolute Gasteiger partial charge is 0.460 e. The minimum absolute atomic E-state index is 0.297. The van der Waals surface area contributed by atoms with Gasteiger partial charge in [0.1, 0.15) is 23.4 Å². The van der Waals surface area contributed by atoms with Crippen LogP contribution in [0.4, 0.5) is 4.39 Å². The molecule has 25 heavy (non-hydrogen) atoms. The van der Waals surface area contributed by atoms with Crippen molar-refractivity contribution in [3.63, 3.8) is 0 Å². The van der Waals surface area contributed by atoms with E-state index in [2.05, 4.69) is 15.0 Å². The molecule has 3 heterocycles. The van der Waals surface area contributed by atoms with Gasteiger partial charge in [0.05, 0.1) is 17.3 Å². The van der Waals surface area contributed by atoms with Gasteiger partial charge in [-0.05, 0) is 36.4 Å². The van der Waals surface area contributed by atoms with Gasteiger partial charge in [-0.3, -0.25) is 4.57 Å². The maximum absolute atomic E-state index is 13.3. The summed E-state index contributed by atoms with van der Waals surface area (Å²) in [6, 6.07) is 15.7. The quantitative estimate of drug-likeness (QED) is 0.482. The van der Waals surface area contributed by atoms with Crippen LogP contribution < -0.4 is 0 Å². The van der Waals surface area contributed by atoms with Crippen molar-refractivity contribution in [2.45, 2.75) is 0 Å². The smallest absolute Gasteiger partial charge is 0.236 e. The normalized spacial score (nSPS) is 11.4. The average molecular weight is 330 g/mol. The van der Waals surface area contributed by atoms with E-state index in [0.29, 0.717) is 22.7 Å². The Bertz CT molecular complexity index is 1210. The number of fused-ring (bicyclic) bond motifs is 2. The van der Waals surface area contributed by atoms with E-state index in [9.17, 15) is 4.39 Å². The van der Waals surface area contributed by atoms with Crippen LogP contribution in [0.2, 0.25) is 0 Å². The van der Waals surface area contributed by atoms with Gasteiger partial charge in [-0.1, -0.05) is 12.1 Å². The summed E-state index contributed by atoms with van der Waals surface area (Å²) in [6.07, 6.45) is 3.27. The first-order valence-electron chi connectivity index (χ1n) is 7.73. The lowest BCUT2D eigenvalue weighted by molar-refractivity contribution is 0.614. The van der Waals surface area contributed by atoms with Crippen LogP contribution >= 0.6 is 0 Å².